The van der Waals surface area contributed by atoms with Crippen molar-refractivity contribution >= 4 is 12.6 Å². The van der Waals surface area contributed by atoms with Crippen LogP contribution in [0.1, 0.15) is 0 Å². The molecule has 1 aromatic carbocycles. The fourth-order valence-corrected chi connectivity index (χ4v) is 1.79. The number of nitrogens with zero attached hydrogens (tertiary/aromatic N) is 2. The summed E-state index contributed by atoms with van der Waals surface area (Å²) in [4.78, 5) is 23.2. The third-order valence-electron chi connectivity index (χ3n) is 2.99. The molecule has 110 valence electrons. The summed E-state index contributed by atoms with van der Waals surface area (Å²) in [6.45, 7) is 0.402. The minimum atomic E-state index is -1.56. The van der Waals surface area contributed by atoms with Crippen LogP contribution in [-0.2, 0) is 13.6 Å². The van der Waals surface area contributed by atoms with Gasteiger partial charge in [-0.05, 0) is 17.6 Å². The summed E-state index contributed by atoms with van der Waals surface area (Å²) in [6.07, 6.45) is 3.02. The molecule has 1 aromatic heterocycles. The molecule has 0 bridgehead atoms. The molecule has 0 spiro atoms. The summed E-state index contributed by atoms with van der Waals surface area (Å²) in [7, 11) is -0.0516. The van der Waals surface area contributed by atoms with Crippen LogP contribution in [0.3, 0.4) is 0 Å². The van der Waals surface area contributed by atoms with Crippen molar-refractivity contribution in [2.24, 2.45) is 7.05 Å². The van der Waals surface area contributed by atoms with Crippen molar-refractivity contribution in [1.29, 1.82) is 0 Å². The van der Waals surface area contributed by atoms with Gasteiger partial charge in [0.25, 0.3) is 0 Å². The molecule has 0 aliphatic heterocycles. The molecule has 2 aromatic rings. The van der Waals surface area contributed by atoms with Gasteiger partial charge in [0, 0.05) is 19.4 Å². The van der Waals surface area contributed by atoms with E-state index in [0.717, 1.165) is 0 Å². The van der Waals surface area contributed by atoms with Crippen LogP contribution in [-0.4, -0.2) is 32.9 Å². The summed E-state index contributed by atoms with van der Waals surface area (Å²) in [6, 6.07) is 6.35. The van der Waals surface area contributed by atoms with E-state index in [0.29, 0.717) is 11.2 Å². The second-order valence-electron chi connectivity index (χ2n) is 4.51. The van der Waals surface area contributed by atoms with E-state index in [9.17, 15) is 9.59 Å². The average molecular weight is 290 g/mol. The van der Waals surface area contributed by atoms with E-state index < -0.39 is 18.2 Å². The second-order valence-corrected chi connectivity index (χ2v) is 4.51. The number of ether oxygens (including phenoxy) is 1. The maximum absolute atomic E-state index is 11.7. The molecule has 0 saturated carbocycles. The standard InChI is InChI=1S/C13H15BN2O5/c1-15-5-6-16(13(18)12(15)17)7-8-21-11-4-2-3-10(9-11)14(19)20/h2-6,9,19-20H,7-8H2,1H3. The molecule has 0 fully saturated rings. The van der Waals surface area contributed by atoms with Crippen molar-refractivity contribution in [2.45, 2.75) is 6.54 Å². The zero-order valence-electron chi connectivity index (χ0n) is 11.5. The van der Waals surface area contributed by atoms with E-state index in [1.54, 1.807) is 18.2 Å². The van der Waals surface area contributed by atoms with Crippen LogP contribution in [0.25, 0.3) is 0 Å². The zero-order valence-corrected chi connectivity index (χ0v) is 11.5. The molecule has 0 radical (unpaired) electrons. The molecular formula is C13H15BN2O5. The van der Waals surface area contributed by atoms with E-state index >= 15 is 0 Å². The predicted octanol–water partition coefficient (Wildman–Crippen LogP) is -1.69. The summed E-state index contributed by atoms with van der Waals surface area (Å²) in [5.41, 5.74) is -0.885. The van der Waals surface area contributed by atoms with Gasteiger partial charge in [0.1, 0.15) is 12.4 Å². The van der Waals surface area contributed by atoms with Crippen LogP contribution in [0.4, 0.5) is 0 Å². The van der Waals surface area contributed by atoms with Crippen LogP contribution < -0.4 is 21.3 Å². The number of benzene rings is 1. The minimum absolute atomic E-state index is 0.179. The highest BCUT2D eigenvalue weighted by Gasteiger charge is 2.11. The zero-order chi connectivity index (χ0) is 15.4. The van der Waals surface area contributed by atoms with Gasteiger partial charge in [-0.2, -0.15) is 0 Å². The van der Waals surface area contributed by atoms with Crippen molar-refractivity contribution in [3.8, 4) is 5.75 Å². The van der Waals surface area contributed by atoms with Crippen LogP contribution in [0.15, 0.2) is 46.2 Å². The Morgan fingerprint density at radius 1 is 1.19 bits per heavy atom. The Bertz CT molecular complexity index is 738. The van der Waals surface area contributed by atoms with Crippen molar-refractivity contribution in [3.63, 3.8) is 0 Å². The van der Waals surface area contributed by atoms with E-state index in [-0.39, 0.29) is 13.2 Å². The smallest absolute Gasteiger partial charge is 0.488 e. The molecule has 2 rings (SSSR count). The molecule has 2 N–H and O–H groups in total. The molecule has 0 aliphatic rings. The van der Waals surface area contributed by atoms with Gasteiger partial charge in [-0.15, -0.1) is 0 Å². The van der Waals surface area contributed by atoms with Gasteiger partial charge >= 0.3 is 18.2 Å². The fourth-order valence-electron chi connectivity index (χ4n) is 1.79. The van der Waals surface area contributed by atoms with Gasteiger partial charge in [-0.25, -0.2) is 0 Å². The van der Waals surface area contributed by atoms with Gasteiger partial charge in [0.2, 0.25) is 0 Å². The maximum atomic E-state index is 11.7. The summed E-state index contributed by atoms with van der Waals surface area (Å²) >= 11 is 0. The Hall–Kier alpha value is -2.32. The number of hydrogen-bond donors (Lipinski definition) is 2. The van der Waals surface area contributed by atoms with Crippen LogP contribution in [0.2, 0.25) is 0 Å². The molecule has 0 unspecified atom stereocenters. The Labute approximate surface area is 120 Å². The van der Waals surface area contributed by atoms with Gasteiger partial charge < -0.3 is 23.9 Å². The molecule has 0 aliphatic carbocycles. The Morgan fingerprint density at radius 2 is 1.95 bits per heavy atom. The van der Waals surface area contributed by atoms with Gasteiger partial charge in [-0.1, -0.05) is 12.1 Å². The minimum Gasteiger partial charge on any atom is -0.492 e. The molecule has 8 heteroatoms. The van der Waals surface area contributed by atoms with Gasteiger partial charge in [-0.3, -0.25) is 9.59 Å². The lowest BCUT2D eigenvalue weighted by molar-refractivity contribution is 0.295. The first-order valence-electron chi connectivity index (χ1n) is 6.34. The van der Waals surface area contributed by atoms with Crippen LogP contribution in [0, 0.1) is 0 Å². The SMILES string of the molecule is Cn1ccn(CCOc2cccc(B(O)O)c2)c(=O)c1=O. The fraction of sp³-hybridized carbons (Fsp3) is 0.231. The third kappa shape index (κ3) is 3.62. The monoisotopic (exact) mass is 290 g/mol. The van der Waals surface area contributed by atoms with E-state index in [1.807, 2.05) is 0 Å². The Kier molecular flexibility index (Phi) is 4.61. The Balaban J connectivity index is 2.02. The quantitative estimate of drug-likeness (QED) is 0.506. The first kappa shape index (κ1) is 15.1. The molecule has 0 amide bonds. The summed E-state index contributed by atoms with van der Waals surface area (Å²) in [5.74, 6) is 0.456. The first-order chi connectivity index (χ1) is 9.99. The lowest BCUT2D eigenvalue weighted by Gasteiger charge is -2.09. The average Bonchev–Trinajstić information content (AvgIpc) is 2.47. The number of aromatic nitrogens is 2. The van der Waals surface area contributed by atoms with Gasteiger partial charge in [0.15, 0.2) is 0 Å². The molecule has 7 nitrogen and oxygen atoms in total. The van der Waals surface area contributed by atoms with Gasteiger partial charge in [0.05, 0.1) is 6.54 Å². The lowest BCUT2D eigenvalue weighted by atomic mass is 9.80. The van der Waals surface area contributed by atoms with Crippen LogP contribution >= 0.6 is 0 Å². The summed E-state index contributed by atoms with van der Waals surface area (Å²) in [5, 5.41) is 18.1. The highest BCUT2D eigenvalue weighted by Crippen LogP contribution is 2.07. The molecule has 0 atom stereocenters. The number of aryl methyl sites for hydroxylation is 1. The number of hydrogen-bond acceptors (Lipinski definition) is 5. The highest BCUT2D eigenvalue weighted by atomic mass is 16.5. The normalized spacial score (nSPS) is 10.4. The van der Waals surface area contributed by atoms with E-state index in [2.05, 4.69) is 0 Å². The predicted molar refractivity (Wildman–Crippen MR) is 77.7 cm³/mol. The second kappa shape index (κ2) is 6.42. The van der Waals surface area contributed by atoms with E-state index in [4.69, 9.17) is 14.8 Å². The highest BCUT2D eigenvalue weighted by molar-refractivity contribution is 6.58. The number of rotatable bonds is 5. The van der Waals surface area contributed by atoms with Crippen molar-refractivity contribution < 1.29 is 14.8 Å². The molecule has 21 heavy (non-hydrogen) atoms. The molecule has 0 saturated heterocycles. The Morgan fingerprint density at radius 3 is 2.67 bits per heavy atom. The third-order valence-corrected chi connectivity index (χ3v) is 2.99. The topological polar surface area (TPSA) is 93.7 Å². The van der Waals surface area contributed by atoms with Crippen molar-refractivity contribution in [3.05, 3.63) is 57.4 Å². The molecular weight excluding hydrogens is 275 g/mol. The molecule has 1 heterocycles. The van der Waals surface area contributed by atoms with E-state index in [1.165, 1.54) is 34.6 Å². The van der Waals surface area contributed by atoms with Crippen LogP contribution in [0.5, 0.6) is 5.75 Å². The largest absolute Gasteiger partial charge is 0.492 e. The van der Waals surface area contributed by atoms with Crippen molar-refractivity contribution in [2.75, 3.05) is 6.61 Å². The maximum Gasteiger partial charge on any atom is 0.488 e. The lowest BCUT2D eigenvalue weighted by Crippen LogP contribution is -2.40. The van der Waals surface area contributed by atoms with Crippen molar-refractivity contribution in [1.82, 2.24) is 9.13 Å². The summed E-state index contributed by atoms with van der Waals surface area (Å²) < 4.78 is 7.92. The first-order valence-corrected chi connectivity index (χ1v) is 6.34.